The molecule has 0 radical (unpaired) electrons. The Morgan fingerprint density at radius 1 is 1.25 bits per heavy atom. The van der Waals surface area contributed by atoms with E-state index < -0.39 is 6.04 Å². The van der Waals surface area contributed by atoms with Crippen LogP contribution < -0.4 is 10.1 Å². The van der Waals surface area contributed by atoms with Crippen molar-refractivity contribution in [1.82, 2.24) is 10.2 Å². The fourth-order valence-electron chi connectivity index (χ4n) is 2.87. The third-order valence-corrected chi connectivity index (χ3v) is 3.80. The van der Waals surface area contributed by atoms with Crippen molar-refractivity contribution in [3.05, 3.63) is 29.8 Å². The van der Waals surface area contributed by atoms with Crippen LogP contribution in [0.5, 0.6) is 5.75 Å². The smallest absolute Gasteiger partial charge is 0.247 e. The number of carbonyl (C=O) groups is 2. The summed E-state index contributed by atoms with van der Waals surface area (Å²) < 4.78 is 5.59. The predicted molar refractivity (Wildman–Crippen MR) is 73.2 cm³/mol. The van der Waals surface area contributed by atoms with Gasteiger partial charge in [-0.25, -0.2) is 0 Å². The highest BCUT2D eigenvalue weighted by atomic mass is 16.5. The van der Waals surface area contributed by atoms with Gasteiger partial charge in [-0.2, -0.15) is 0 Å². The summed E-state index contributed by atoms with van der Waals surface area (Å²) in [5.41, 5.74) is 1.05. The van der Waals surface area contributed by atoms with Crippen molar-refractivity contribution in [1.29, 1.82) is 0 Å². The highest BCUT2D eigenvalue weighted by Crippen LogP contribution is 2.32. The average molecular weight is 274 g/mol. The van der Waals surface area contributed by atoms with Crippen molar-refractivity contribution in [2.75, 3.05) is 6.61 Å². The van der Waals surface area contributed by atoms with E-state index in [1.165, 1.54) is 4.90 Å². The maximum Gasteiger partial charge on any atom is 0.247 e. The van der Waals surface area contributed by atoms with E-state index in [1.807, 2.05) is 38.1 Å². The average Bonchev–Trinajstić information content (AvgIpc) is 2.93. The maximum atomic E-state index is 12.3. The van der Waals surface area contributed by atoms with Crippen molar-refractivity contribution < 1.29 is 14.3 Å². The number of fused-ring (bicyclic) bond motifs is 1. The number of hydrogen-bond acceptors (Lipinski definition) is 4. The topological polar surface area (TPSA) is 58.6 Å². The van der Waals surface area contributed by atoms with Gasteiger partial charge in [-0.3, -0.25) is 19.8 Å². The Hall–Kier alpha value is -1.88. The Bertz CT molecular complexity index is 556. The number of imide groups is 1. The van der Waals surface area contributed by atoms with Crippen LogP contribution in [0.2, 0.25) is 0 Å². The second-order valence-electron chi connectivity index (χ2n) is 5.52. The molecule has 3 rings (SSSR count). The molecule has 2 heterocycles. The Labute approximate surface area is 117 Å². The first-order valence-corrected chi connectivity index (χ1v) is 6.91. The molecule has 1 N–H and O–H groups in total. The summed E-state index contributed by atoms with van der Waals surface area (Å²) in [6.07, 6.45) is 0.232. The molecule has 2 unspecified atom stereocenters. The van der Waals surface area contributed by atoms with Gasteiger partial charge in [0, 0.05) is 11.6 Å². The number of hydrogen-bond donors (Lipinski definition) is 1. The normalized spacial score (nSPS) is 25.2. The van der Waals surface area contributed by atoms with Gasteiger partial charge in [-0.1, -0.05) is 18.2 Å². The summed E-state index contributed by atoms with van der Waals surface area (Å²) >= 11 is 0. The van der Waals surface area contributed by atoms with Gasteiger partial charge in [0.2, 0.25) is 11.8 Å². The molecule has 0 bridgehead atoms. The molecule has 2 amide bonds. The van der Waals surface area contributed by atoms with E-state index in [1.54, 1.807) is 0 Å². The summed E-state index contributed by atoms with van der Waals surface area (Å²) in [5.74, 6) is 0.617. The summed E-state index contributed by atoms with van der Waals surface area (Å²) in [6.45, 7) is 4.21. The van der Waals surface area contributed by atoms with Crippen LogP contribution in [0.3, 0.4) is 0 Å². The molecule has 5 nitrogen and oxygen atoms in total. The molecule has 20 heavy (non-hydrogen) atoms. The van der Waals surface area contributed by atoms with Crippen molar-refractivity contribution >= 4 is 11.8 Å². The van der Waals surface area contributed by atoms with Crippen molar-refractivity contribution in [3.8, 4) is 5.75 Å². The number of ether oxygens (including phenoxy) is 1. The van der Waals surface area contributed by atoms with Gasteiger partial charge < -0.3 is 4.74 Å². The zero-order chi connectivity index (χ0) is 14.3. The number of amides is 2. The summed E-state index contributed by atoms with van der Waals surface area (Å²) in [6, 6.07) is 7.22. The standard InChI is InChI=1S/C15H18N2O3/c1-9(2)17-14(18)7-11(15(17)19)16-12-8-20-13-6-4-3-5-10(12)13/h3-6,9,11-12,16H,7-8H2,1-2H3. The minimum atomic E-state index is -0.440. The molecular weight excluding hydrogens is 256 g/mol. The van der Waals surface area contributed by atoms with Crippen molar-refractivity contribution in [3.63, 3.8) is 0 Å². The van der Waals surface area contributed by atoms with Crippen LogP contribution in [0.1, 0.15) is 31.9 Å². The predicted octanol–water partition coefficient (Wildman–Crippen LogP) is 1.25. The third kappa shape index (κ3) is 2.08. The van der Waals surface area contributed by atoms with Gasteiger partial charge >= 0.3 is 0 Å². The number of carbonyl (C=O) groups excluding carboxylic acids is 2. The maximum absolute atomic E-state index is 12.3. The van der Waals surface area contributed by atoms with Crippen molar-refractivity contribution in [2.45, 2.75) is 38.4 Å². The van der Waals surface area contributed by atoms with E-state index in [2.05, 4.69) is 5.32 Å². The van der Waals surface area contributed by atoms with Crippen molar-refractivity contribution in [2.24, 2.45) is 0 Å². The number of rotatable bonds is 3. The Kier molecular flexibility index (Phi) is 3.22. The monoisotopic (exact) mass is 274 g/mol. The quantitative estimate of drug-likeness (QED) is 0.843. The van der Waals surface area contributed by atoms with Crippen LogP contribution in [0.25, 0.3) is 0 Å². The zero-order valence-corrected chi connectivity index (χ0v) is 11.6. The summed E-state index contributed by atoms with van der Waals surface area (Å²) in [5, 5.41) is 3.26. The fraction of sp³-hybridized carbons (Fsp3) is 0.467. The van der Waals surface area contributed by atoms with E-state index >= 15 is 0 Å². The summed E-state index contributed by atoms with van der Waals surface area (Å²) in [4.78, 5) is 25.5. The number of nitrogens with one attached hydrogen (secondary N) is 1. The van der Waals surface area contributed by atoms with Gasteiger partial charge in [0.1, 0.15) is 12.4 Å². The lowest BCUT2D eigenvalue weighted by Crippen LogP contribution is -2.43. The van der Waals surface area contributed by atoms with Gasteiger partial charge in [0.15, 0.2) is 0 Å². The molecule has 1 fully saturated rings. The molecule has 1 aromatic carbocycles. The van der Waals surface area contributed by atoms with Gasteiger partial charge in [-0.05, 0) is 19.9 Å². The number of likely N-dealkylation sites (tertiary alicyclic amines) is 1. The summed E-state index contributed by atoms with van der Waals surface area (Å²) in [7, 11) is 0. The molecule has 0 spiro atoms. The Morgan fingerprint density at radius 2 is 2.00 bits per heavy atom. The van der Waals surface area contributed by atoms with E-state index in [0.29, 0.717) is 6.61 Å². The molecule has 2 atom stereocenters. The van der Waals surface area contributed by atoms with Crippen LogP contribution in [0.15, 0.2) is 24.3 Å². The van der Waals surface area contributed by atoms with Crippen LogP contribution in [0.4, 0.5) is 0 Å². The van der Waals surface area contributed by atoms with Crippen LogP contribution >= 0.6 is 0 Å². The minimum Gasteiger partial charge on any atom is -0.491 e. The molecule has 1 saturated heterocycles. The van der Waals surface area contributed by atoms with Gasteiger partial charge in [0.25, 0.3) is 0 Å². The van der Waals surface area contributed by atoms with Gasteiger partial charge in [0.05, 0.1) is 18.5 Å². The highest BCUT2D eigenvalue weighted by Gasteiger charge is 2.41. The zero-order valence-electron chi connectivity index (χ0n) is 11.6. The molecule has 0 saturated carbocycles. The van der Waals surface area contributed by atoms with E-state index in [4.69, 9.17) is 4.74 Å². The molecule has 0 aromatic heterocycles. The molecule has 5 heteroatoms. The number of nitrogens with zero attached hydrogens (tertiary/aromatic N) is 1. The van der Waals surface area contributed by atoms with Crippen LogP contribution in [-0.2, 0) is 9.59 Å². The van der Waals surface area contributed by atoms with Crippen LogP contribution in [0, 0.1) is 0 Å². The first-order valence-electron chi connectivity index (χ1n) is 6.91. The minimum absolute atomic E-state index is 0.0277. The second kappa shape index (κ2) is 4.90. The SMILES string of the molecule is CC(C)N1C(=O)CC(NC2COc3ccccc32)C1=O. The molecule has 1 aromatic rings. The molecular formula is C15H18N2O3. The lowest BCUT2D eigenvalue weighted by Gasteiger charge is -2.20. The van der Waals surface area contributed by atoms with E-state index in [0.717, 1.165) is 11.3 Å². The first kappa shape index (κ1) is 13.1. The number of benzene rings is 1. The molecule has 2 aliphatic rings. The van der Waals surface area contributed by atoms with Crippen LogP contribution in [-0.4, -0.2) is 35.4 Å². The van der Waals surface area contributed by atoms with E-state index in [-0.39, 0.29) is 30.3 Å². The molecule has 2 aliphatic heterocycles. The molecule has 0 aliphatic carbocycles. The third-order valence-electron chi connectivity index (χ3n) is 3.80. The second-order valence-corrected chi connectivity index (χ2v) is 5.52. The fourth-order valence-corrected chi connectivity index (χ4v) is 2.87. The lowest BCUT2D eigenvalue weighted by molar-refractivity contribution is -0.140. The lowest BCUT2D eigenvalue weighted by atomic mass is 10.1. The Balaban J connectivity index is 1.74. The molecule has 106 valence electrons. The van der Waals surface area contributed by atoms with Gasteiger partial charge in [-0.15, -0.1) is 0 Å². The first-order chi connectivity index (χ1) is 9.58. The Morgan fingerprint density at radius 3 is 2.70 bits per heavy atom. The van der Waals surface area contributed by atoms with E-state index in [9.17, 15) is 9.59 Å². The largest absolute Gasteiger partial charge is 0.491 e. The highest BCUT2D eigenvalue weighted by molar-refractivity contribution is 6.05. The number of para-hydroxylation sites is 1.